The molecule has 11 rings (SSSR count). The third-order valence-corrected chi connectivity index (χ3v) is 10.1. The van der Waals surface area contributed by atoms with Crippen molar-refractivity contribution in [1.82, 2.24) is 19.9 Å². The molecule has 0 radical (unpaired) electrons. The molecule has 0 saturated heterocycles. The standard InChI is InChI=1S/C46H28N4O2/c1-2-12-28(13-3-1)44-48-45(31-22-21-27-11-4-5-14-29(27)25-31)50-46(49-44)35-24-23-33(32-17-10-20-38-40(32)34-16-7-9-19-37(34)51-38)43-41(35)42-39(52-43)26-30-15-6-8-18-36(30)47-42/h2,4-26H,1,3H2. The first-order valence-electron chi connectivity index (χ1n) is 17.5. The molecule has 244 valence electrons. The molecule has 10 aromatic rings. The summed E-state index contributed by atoms with van der Waals surface area (Å²) in [4.78, 5) is 20.6. The van der Waals surface area contributed by atoms with Crippen LogP contribution >= 0.6 is 0 Å². The van der Waals surface area contributed by atoms with Crippen LogP contribution in [0.25, 0.3) is 105 Å². The summed E-state index contributed by atoms with van der Waals surface area (Å²) in [6.45, 7) is 0. The van der Waals surface area contributed by atoms with Crippen molar-refractivity contribution in [3.8, 4) is 33.9 Å². The highest BCUT2D eigenvalue weighted by atomic mass is 16.3. The molecule has 0 atom stereocenters. The first kappa shape index (κ1) is 28.9. The number of para-hydroxylation sites is 2. The van der Waals surface area contributed by atoms with Crippen LogP contribution in [0.2, 0.25) is 0 Å². The fraction of sp³-hybridized carbons (Fsp3) is 0.0435. The molecule has 0 fully saturated rings. The van der Waals surface area contributed by atoms with Crippen molar-refractivity contribution in [2.75, 3.05) is 0 Å². The van der Waals surface area contributed by atoms with Crippen LogP contribution in [0.4, 0.5) is 0 Å². The van der Waals surface area contributed by atoms with Crippen LogP contribution < -0.4 is 0 Å². The van der Waals surface area contributed by atoms with E-state index in [1.807, 2.05) is 48.5 Å². The van der Waals surface area contributed by atoms with Crippen LogP contribution in [0.5, 0.6) is 0 Å². The number of rotatable bonds is 4. The molecule has 1 aliphatic carbocycles. The van der Waals surface area contributed by atoms with Gasteiger partial charge < -0.3 is 8.83 Å². The molecule has 6 nitrogen and oxygen atoms in total. The first-order chi connectivity index (χ1) is 25.7. The zero-order valence-corrected chi connectivity index (χ0v) is 27.9. The van der Waals surface area contributed by atoms with Crippen molar-refractivity contribution >= 4 is 71.3 Å². The lowest BCUT2D eigenvalue weighted by Gasteiger charge is -2.12. The van der Waals surface area contributed by atoms with Crippen molar-refractivity contribution in [2.45, 2.75) is 12.8 Å². The second-order valence-electron chi connectivity index (χ2n) is 13.3. The molecule has 0 amide bonds. The minimum Gasteiger partial charge on any atom is -0.456 e. The van der Waals surface area contributed by atoms with E-state index < -0.39 is 0 Å². The Morgan fingerprint density at radius 2 is 1.27 bits per heavy atom. The maximum absolute atomic E-state index is 6.87. The molecule has 4 heterocycles. The van der Waals surface area contributed by atoms with E-state index in [1.54, 1.807) is 0 Å². The van der Waals surface area contributed by atoms with Gasteiger partial charge in [0.2, 0.25) is 0 Å². The number of pyridine rings is 1. The van der Waals surface area contributed by atoms with Gasteiger partial charge in [-0.1, -0.05) is 103 Å². The molecule has 4 aromatic heterocycles. The summed E-state index contributed by atoms with van der Waals surface area (Å²) >= 11 is 0. The quantitative estimate of drug-likeness (QED) is 0.186. The average molecular weight is 669 g/mol. The Morgan fingerprint density at radius 1 is 0.481 bits per heavy atom. The van der Waals surface area contributed by atoms with Gasteiger partial charge in [-0.2, -0.15) is 0 Å². The lowest BCUT2D eigenvalue weighted by Crippen LogP contribution is -2.03. The number of aromatic nitrogens is 4. The molecule has 6 heteroatoms. The van der Waals surface area contributed by atoms with Gasteiger partial charge in [0.05, 0.1) is 10.9 Å². The molecule has 52 heavy (non-hydrogen) atoms. The van der Waals surface area contributed by atoms with E-state index in [2.05, 4.69) is 97.1 Å². The monoisotopic (exact) mass is 668 g/mol. The number of allylic oxidation sites excluding steroid dienone is 4. The fourth-order valence-corrected chi connectivity index (χ4v) is 7.65. The van der Waals surface area contributed by atoms with E-state index in [1.165, 1.54) is 5.39 Å². The van der Waals surface area contributed by atoms with Crippen molar-refractivity contribution in [3.63, 3.8) is 0 Å². The average Bonchev–Trinajstić information content (AvgIpc) is 3.78. The molecule has 1 aliphatic rings. The predicted molar refractivity (Wildman–Crippen MR) is 210 cm³/mol. The second-order valence-corrected chi connectivity index (χ2v) is 13.3. The minimum atomic E-state index is 0.564. The van der Waals surface area contributed by atoms with Gasteiger partial charge in [0.15, 0.2) is 23.1 Å². The van der Waals surface area contributed by atoms with Gasteiger partial charge in [-0.25, -0.2) is 19.9 Å². The summed E-state index contributed by atoms with van der Waals surface area (Å²) in [5, 5.41) is 6.27. The summed E-state index contributed by atoms with van der Waals surface area (Å²) < 4.78 is 13.2. The summed E-state index contributed by atoms with van der Waals surface area (Å²) in [7, 11) is 0. The summed E-state index contributed by atoms with van der Waals surface area (Å²) in [6, 6.07) is 43.5. The molecule has 0 saturated carbocycles. The number of nitrogens with zero attached hydrogens (tertiary/aromatic N) is 4. The van der Waals surface area contributed by atoms with E-state index in [-0.39, 0.29) is 0 Å². The van der Waals surface area contributed by atoms with E-state index in [0.717, 1.165) is 95.4 Å². The highest BCUT2D eigenvalue weighted by Crippen LogP contribution is 2.45. The van der Waals surface area contributed by atoms with Crippen molar-refractivity contribution in [3.05, 3.63) is 151 Å². The number of fused-ring (bicyclic) bond motifs is 8. The minimum absolute atomic E-state index is 0.564. The van der Waals surface area contributed by atoms with Crippen molar-refractivity contribution < 1.29 is 8.83 Å². The van der Waals surface area contributed by atoms with Gasteiger partial charge >= 0.3 is 0 Å². The Morgan fingerprint density at radius 3 is 2.19 bits per heavy atom. The largest absolute Gasteiger partial charge is 0.456 e. The number of benzene rings is 6. The molecule has 0 aliphatic heterocycles. The Bertz CT molecular complexity index is 3150. The molecule has 0 spiro atoms. The third kappa shape index (κ3) is 4.51. The zero-order valence-electron chi connectivity index (χ0n) is 27.9. The van der Waals surface area contributed by atoms with Crippen LogP contribution in [0.15, 0.2) is 154 Å². The fourth-order valence-electron chi connectivity index (χ4n) is 7.65. The predicted octanol–water partition coefficient (Wildman–Crippen LogP) is 12.1. The lowest BCUT2D eigenvalue weighted by molar-refractivity contribution is 0.668. The Kier molecular flexibility index (Phi) is 6.28. The summed E-state index contributed by atoms with van der Waals surface area (Å²) in [5.74, 6) is 1.82. The van der Waals surface area contributed by atoms with Crippen LogP contribution in [0, 0.1) is 0 Å². The molecular formula is C46H28N4O2. The van der Waals surface area contributed by atoms with Gasteiger partial charge in [0.1, 0.15) is 22.3 Å². The van der Waals surface area contributed by atoms with Gasteiger partial charge in [0, 0.05) is 38.4 Å². The molecule has 0 N–H and O–H groups in total. The number of hydrogen-bond acceptors (Lipinski definition) is 6. The van der Waals surface area contributed by atoms with E-state index in [0.29, 0.717) is 23.1 Å². The van der Waals surface area contributed by atoms with Crippen LogP contribution in [-0.2, 0) is 0 Å². The van der Waals surface area contributed by atoms with Crippen LogP contribution in [0.3, 0.4) is 0 Å². The maximum atomic E-state index is 6.87. The third-order valence-electron chi connectivity index (χ3n) is 10.1. The maximum Gasteiger partial charge on any atom is 0.164 e. The normalized spacial score (nSPS) is 13.3. The highest BCUT2D eigenvalue weighted by molar-refractivity contribution is 6.20. The van der Waals surface area contributed by atoms with E-state index >= 15 is 0 Å². The molecule has 0 unspecified atom stereocenters. The summed E-state index contributed by atoms with van der Waals surface area (Å²) in [5.41, 5.74) is 9.47. The summed E-state index contributed by atoms with van der Waals surface area (Å²) in [6.07, 6.45) is 8.44. The highest BCUT2D eigenvalue weighted by Gasteiger charge is 2.24. The smallest absolute Gasteiger partial charge is 0.164 e. The Labute approximate surface area is 297 Å². The van der Waals surface area contributed by atoms with E-state index in [4.69, 9.17) is 28.8 Å². The Balaban J connectivity index is 1.22. The molecule has 0 bridgehead atoms. The SMILES string of the molecule is C1=CC(c2nc(-c3ccc4ccccc4c3)nc(-c3ccc(-c4cccc5oc6ccccc6c45)c4oc5cc6ccccc6nc5c34)n2)=CCC1. The van der Waals surface area contributed by atoms with Crippen molar-refractivity contribution in [1.29, 1.82) is 0 Å². The lowest BCUT2D eigenvalue weighted by atomic mass is 9.95. The van der Waals surface area contributed by atoms with Crippen LogP contribution in [-0.4, -0.2) is 19.9 Å². The molecule has 6 aromatic carbocycles. The zero-order chi connectivity index (χ0) is 34.2. The van der Waals surface area contributed by atoms with E-state index in [9.17, 15) is 0 Å². The topological polar surface area (TPSA) is 77.8 Å². The van der Waals surface area contributed by atoms with Gasteiger partial charge in [0.25, 0.3) is 0 Å². The Hall–Kier alpha value is -6.92. The van der Waals surface area contributed by atoms with Crippen LogP contribution in [0.1, 0.15) is 18.7 Å². The number of furan rings is 2. The van der Waals surface area contributed by atoms with Crippen molar-refractivity contribution in [2.24, 2.45) is 0 Å². The molecular weight excluding hydrogens is 641 g/mol. The van der Waals surface area contributed by atoms with Gasteiger partial charge in [-0.15, -0.1) is 0 Å². The number of hydrogen-bond donors (Lipinski definition) is 0. The second kappa shape index (κ2) is 11.3. The van der Waals surface area contributed by atoms with Gasteiger partial charge in [-0.3, -0.25) is 0 Å². The van der Waals surface area contributed by atoms with Gasteiger partial charge in [-0.05, 0) is 71.6 Å². The first-order valence-corrected chi connectivity index (χ1v) is 17.5.